The van der Waals surface area contributed by atoms with Crippen molar-refractivity contribution < 1.29 is 52.5 Å². The average molecular weight is 793 g/mol. The van der Waals surface area contributed by atoms with Crippen LogP contribution in [0, 0.1) is 5.92 Å². The van der Waals surface area contributed by atoms with Crippen molar-refractivity contribution in [2.24, 2.45) is 5.92 Å². The second-order valence-electron chi connectivity index (χ2n) is 16.2. The zero-order chi connectivity index (χ0) is 39.9. The summed E-state index contributed by atoms with van der Waals surface area (Å²) in [5, 5.41) is 24.2. The molecule has 0 unspecified atom stereocenters. The smallest absolute Gasteiger partial charge is 0.192 e. The third-order valence-electron chi connectivity index (χ3n) is 11.8. The van der Waals surface area contributed by atoms with Gasteiger partial charge < -0.3 is 52.5 Å². The van der Waals surface area contributed by atoms with Gasteiger partial charge in [-0.3, -0.25) is 0 Å². The number of hydrogen-bond donors (Lipinski definition) is 2. The van der Waals surface area contributed by atoms with E-state index in [0.29, 0.717) is 5.92 Å². The van der Waals surface area contributed by atoms with Gasteiger partial charge in [-0.05, 0) is 35.2 Å². The molecule has 0 amide bonds. The van der Waals surface area contributed by atoms with Crippen LogP contribution in [0.1, 0.15) is 50.7 Å². The number of fused-ring (bicyclic) bond motifs is 1. The van der Waals surface area contributed by atoms with Gasteiger partial charge in [0.05, 0.1) is 33.0 Å². The highest BCUT2D eigenvalue weighted by atomic mass is 28.4. The van der Waals surface area contributed by atoms with Crippen molar-refractivity contribution >= 4 is 8.32 Å². The van der Waals surface area contributed by atoms with Gasteiger partial charge in [-0.2, -0.15) is 0 Å². The second kappa shape index (κ2) is 19.3. The Labute approximate surface area is 332 Å². The lowest BCUT2D eigenvalue weighted by Gasteiger charge is -2.50. The normalized spacial score (nSPS) is 31.2. The number of benzene rings is 3. The summed E-state index contributed by atoms with van der Waals surface area (Å²) in [6.45, 7) is 17.9. The van der Waals surface area contributed by atoms with Crippen LogP contribution in [0.4, 0.5) is 0 Å². The van der Waals surface area contributed by atoms with Gasteiger partial charge in [0.2, 0.25) is 0 Å². The van der Waals surface area contributed by atoms with Crippen LogP contribution in [0.3, 0.4) is 0 Å². The van der Waals surface area contributed by atoms with E-state index in [4.69, 9.17) is 42.3 Å². The summed E-state index contributed by atoms with van der Waals surface area (Å²) in [6.07, 6.45) is -8.99. The maximum Gasteiger partial charge on any atom is 0.192 e. The summed E-state index contributed by atoms with van der Waals surface area (Å²) in [4.78, 5) is 0. The maximum atomic E-state index is 12.4. The van der Waals surface area contributed by atoms with Gasteiger partial charge >= 0.3 is 0 Å². The fraction of sp³-hybridized carbons (Fsp3) is 0.545. The second-order valence-corrected chi connectivity index (χ2v) is 20.8. The first-order valence-electron chi connectivity index (χ1n) is 19.7. The quantitative estimate of drug-likeness (QED) is 0.112. The van der Waals surface area contributed by atoms with Gasteiger partial charge in [-0.25, -0.2) is 0 Å². The Morgan fingerprint density at radius 2 is 1.38 bits per heavy atom. The van der Waals surface area contributed by atoms with Crippen LogP contribution in [0.25, 0.3) is 0 Å². The van der Waals surface area contributed by atoms with Crippen LogP contribution in [0.5, 0.6) is 0 Å². The predicted molar refractivity (Wildman–Crippen MR) is 213 cm³/mol. The van der Waals surface area contributed by atoms with Crippen molar-refractivity contribution in [3.05, 3.63) is 120 Å². The maximum absolute atomic E-state index is 12.4. The fourth-order valence-corrected chi connectivity index (χ4v) is 9.52. The van der Waals surface area contributed by atoms with E-state index in [9.17, 15) is 10.2 Å². The van der Waals surface area contributed by atoms with E-state index in [-0.39, 0.29) is 38.1 Å². The molecule has 11 atom stereocenters. The Kier molecular flexibility index (Phi) is 14.7. The fourth-order valence-electron chi connectivity index (χ4n) is 7.18. The lowest BCUT2D eigenvalue weighted by Crippen LogP contribution is -2.66. The molecule has 0 spiro atoms. The van der Waals surface area contributed by atoms with E-state index in [1.807, 2.05) is 91.0 Å². The topological polar surface area (TPSA) is 124 Å². The molecular weight excluding hydrogens is 733 g/mol. The molecule has 0 aromatic heterocycles. The third kappa shape index (κ3) is 10.1. The number of rotatable bonds is 17. The van der Waals surface area contributed by atoms with Gasteiger partial charge in [0.1, 0.15) is 48.8 Å². The highest BCUT2D eigenvalue weighted by Crippen LogP contribution is 2.45. The third-order valence-corrected chi connectivity index (χ3v) is 16.4. The number of aliphatic hydroxyl groups excluding tert-OH is 2. The van der Waals surface area contributed by atoms with Crippen LogP contribution in [-0.2, 0) is 55.5 Å². The minimum Gasteiger partial charge on any atom is -0.414 e. The molecule has 3 fully saturated rings. The van der Waals surface area contributed by atoms with Gasteiger partial charge in [-0.1, -0.05) is 125 Å². The van der Waals surface area contributed by atoms with Gasteiger partial charge in [-0.15, -0.1) is 6.58 Å². The zero-order valence-corrected chi connectivity index (χ0v) is 34.5. The molecule has 0 aliphatic carbocycles. The number of hydrogen-bond acceptors (Lipinski definition) is 11. The lowest BCUT2D eigenvalue weighted by molar-refractivity contribution is -0.390. The monoisotopic (exact) mass is 792 g/mol. The molecule has 306 valence electrons. The summed E-state index contributed by atoms with van der Waals surface area (Å²) in [6, 6.07) is 29.0. The van der Waals surface area contributed by atoms with E-state index in [1.165, 1.54) is 0 Å². The van der Waals surface area contributed by atoms with Gasteiger partial charge in [0, 0.05) is 5.56 Å². The summed E-state index contributed by atoms with van der Waals surface area (Å²) in [5.41, 5.74) is 2.69. The largest absolute Gasteiger partial charge is 0.414 e. The minimum atomic E-state index is -2.38. The Bertz CT molecular complexity index is 1630. The first-order valence-corrected chi connectivity index (χ1v) is 22.6. The van der Waals surface area contributed by atoms with E-state index in [1.54, 1.807) is 6.08 Å². The van der Waals surface area contributed by atoms with Crippen molar-refractivity contribution in [3.63, 3.8) is 0 Å². The lowest BCUT2D eigenvalue weighted by atomic mass is 9.96. The molecule has 3 aromatic rings. The van der Waals surface area contributed by atoms with Crippen LogP contribution < -0.4 is 0 Å². The predicted octanol–water partition coefficient (Wildman–Crippen LogP) is 6.69. The molecule has 11 nitrogen and oxygen atoms in total. The Balaban J connectivity index is 1.28. The van der Waals surface area contributed by atoms with E-state index in [2.05, 4.69) is 47.4 Å². The summed E-state index contributed by atoms with van der Waals surface area (Å²) in [7, 11) is -2.38. The minimum absolute atomic E-state index is 0.0901. The van der Waals surface area contributed by atoms with Crippen LogP contribution in [-0.4, -0.2) is 99.8 Å². The molecule has 12 heteroatoms. The molecule has 6 rings (SSSR count). The molecule has 3 aliphatic rings. The van der Waals surface area contributed by atoms with Crippen molar-refractivity contribution in [2.75, 3.05) is 19.8 Å². The van der Waals surface area contributed by atoms with Crippen molar-refractivity contribution in [2.45, 2.75) is 127 Å². The Morgan fingerprint density at radius 3 is 1.98 bits per heavy atom. The molecule has 0 radical (unpaired) electrons. The Hall–Kier alpha value is -2.82. The van der Waals surface area contributed by atoms with Crippen molar-refractivity contribution in [1.82, 2.24) is 0 Å². The molecule has 3 heterocycles. The standard InChI is InChI=1S/C44H60O11Si/c1-8-24-47-39-36(46)42(52-33-27-50-41(55-38(33)39)32-22-16-11-17-23-32)54-37-34(28-51-56(6,7)44(4,5)29(2)3)53-43(49-26-31-20-14-10-15-21-31)40(35(37)45)48-25-30-18-12-9-13-19-30/h8-23,29,33-43,45-46H,1,24-28H2,2-7H3/t33-,34-,35+,36-,37-,38+,39-,40-,41+,42+,43+/m1/s1. The summed E-state index contributed by atoms with van der Waals surface area (Å²) < 4.78 is 58.1. The van der Waals surface area contributed by atoms with E-state index < -0.39 is 76.0 Å². The van der Waals surface area contributed by atoms with Gasteiger partial charge in [0.25, 0.3) is 0 Å². The Morgan fingerprint density at radius 1 is 0.768 bits per heavy atom. The number of aliphatic hydroxyl groups is 2. The molecule has 2 N–H and O–H groups in total. The first-order chi connectivity index (χ1) is 26.9. The molecule has 56 heavy (non-hydrogen) atoms. The highest BCUT2D eigenvalue weighted by Gasteiger charge is 2.55. The molecule has 0 bridgehead atoms. The summed E-state index contributed by atoms with van der Waals surface area (Å²) in [5.74, 6) is 0.361. The zero-order valence-electron chi connectivity index (χ0n) is 33.5. The highest BCUT2D eigenvalue weighted by molar-refractivity contribution is 6.74. The van der Waals surface area contributed by atoms with Gasteiger partial charge in [0.15, 0.2) is 27.2 Å². The van der Waals surface area contributed by atoms with E-state index in [0.717, 1.165) is 16.7 Å². The summed E-state index contributed by atoms with van der Waals surface area (Å²) >= 11 is 0. The first kappa shape index (κ1) is 42.8. The van der Waals surface area contributed by atoms with Crippen LogP contribution in [0.2, 0.25) is 18.1 Å². The van der Waals surface area contributed by atoms with Crippen LogP contribution >= 0.6 is 0 Å². The average Bonchev–Trinajstić information content (AvgIpc) is 3.20. The van der Waals surface area contributed by atoms with E-state index >= 15 is 0 Å². The molecule has 3 aromatic carbocycles. The molecule has 3 saturated heterocycles. The SMILES string of the molecule is C=CCO[C@@H]1[C@@H](O)[C@H](O[C@H]2[C@H](O)[C@@H](OCc3ccccc3)[C@@H](OCc3ccccc3)O[C@@H]2CO[Si](C)(C)C(C)(C)C(C)C)O[C@@H]2CO[C@H](c3ccccc3)O[C@H]12. The molecular formula is C44H60O11Si. The molecule has 3 aliphatic heterocycles. The number of ether oxygens (including phenoxy) is 8. The van der Waals surface area contributed by atoms with Crippen molar-refractivity contribution in [3.8, 4) is 0 Å². The van der Waals surface area contributed by atoms with Crippen molar-refractivity contribution in [1.29, 1.82) is 0 Å². The molecule has 0 saturated carbocycles. The van der Waals surface area contributed by atoms with Crippen LogP contribution in [0.15, 0.2) is 104 Å².